The molecule has 2 unspecified atom stereocenters. The second-order valence-electron chi connectivity index (χ2n) is 5.78. The first-order valence-corrected chi connectivity index (χ1v) is 7.18. The smallest absolute Gasteiger partial charge is 0.229 e. The topological polar surface area (TPSA) is 49.4 Å². The molecule has 1 N–H and O–H groups in total. The second-order valence-corrected chi connectivity index (χ2v) is 5.78. The molecule has 102 valence electrons. The van der Waals surface area contributed by atoms with Gasteiger partial charge in [0, 0.05) is 25.4 Å². The zero-order valence-corrected chi connectivity index (χ0v) is 11.4. The molecule has 2 fully saturated rings. The third-order valence-electron chi connectivity index (χ3n) is 4.28. The highest BCUT2D eigenvalue weighted by Crippen LogP contribution is 2.24. The average molecular weight is 252 g/mol. The van der Waals surface area contributed by atoms with Crippen LogP contribution in [0.3, 0.4) is 0 Å². The van der Waals surface area contributed by atoms with Gasteiger partial charge >= 0.3 is 0 Å². The van der Waals surface area contributed by atoms with E-state index in [1.54, 1.807) is 0 Å². The number of likely N-dealkylation sites (tertiary alicyclic amines) is 1. The van der Waals surface area contributed by atoms with E-state index in [1.165, 1.54) is 17.7 Å². The Labute approximate surface area is 109 Å². The number of hydrogen-bond donors (Lipinski definition) is 1. The van der Waals surface area contributed by atoms with Crippen LogP contribution in [-0.4, -0.2) is 35.8 Å². The van der Waals surface area contributed by atoms with Crippen LogP contribution in [0.5, 0.6) is 0 Å². The van der Waals surface area contributed by atoms with Gasteiger partial charge in [-0.05, 0) is 31.2 Å². The van der Waals surface area contributed by atoms with Crippen molar-refractivity contribution in [1.82, 2.24) is 10.2 Å². The van der Waals surface area contributed by atoms with Gasteiger partial charge in [0.15, 0.2) is 0 Å². The summed E-state index contributed by atoms with van der Waals surface area (Å²) in [5.74, 6) is 0.836. The molecule has 0 radical (unpaired) electrons. The van der Waals surface area contributed by atoms with E-state index in [2.05, 4.69) is 12.2 Å². The molecule has 0 spiro atoms. The standard InChI is InChI=1S/C14H24N2O2/c1-3-11-5-4-6-15-12(11)9-16-13(17)7-10(2)8-14(16)18/h10-12,15H,3-9H2,1-2H3. The number of piperidine rings is 2. The van der Waals surface area contributed by atoms with Gasteiger partial charge in [-0.1, -0.05) is 20.3 Å². The fourth-order valence-electron chi connectivity index (χ4n) is 3.15. The molecule has 2 amide bonds. The second kappa shape index (κ2) is 5.83. The molecule has 0 aromatic carbocycles. The van der Waals surface area contributed by atoms with Crippen molar-refractivity contribution in [1.29, 1.82) is 0 Å². The zero-order chi connectivity index (χ0) is 13.1. The largest absolute Gasteiger partial charge is 0.312 e. The summed E-state index contributed by atoms with van der Waals surface area (Å²) in [7, 11) is 0. The summed E-state index contributed by atoms with van der Waals surface area (Å²) in [6.07, 6.45) is 4.57. The predicted molar refractivity (Wildman–Crippen MR) is 69.9 cm³/mol. The number of carbonyl (C=O) groups is 2. The van der Waals surface area contributed by atoms with Crippen molar-refractivity contribution in [2.24, 2.45) is 11.8 Å². The van der Waals surface area contributed by atoms with Gasteiger partial charge in [0.05, 0.1) is 0 Å². The van der Waals surface area contributed by atoms with E-state index >= 15 is 0 Å². The number of carbonyl (C=O) groups excluding carboxylic acids is 2. The van der Waals surface area contributed by atoms with E-state index < -0.39 is 0 Å². The molecule has 2 rings (SSSR count). The van der Waals surface area contributed by atoms with Crippen molar-refractivity contribution in [3.05, 3.63) is 0 Å². The maximum Gasteiger partial charge on any atom is 0.229 e. The molecular formula is C14H24N2O2. The summed E-state index contributed by atoms with van der Waals surface area (Å²) in [4.78, 5) is 25.4. The Hall–Kier alpha value is -0.900. The Balaban J connectivity index is 1.98. The number of nitrogens with zero attached hydrogens (tertiary/aromatic N) is 1. The van der Waals surface area contributed by atoms with Gasteiger partial charge in [-0.3, -0.25) is 14.5 Å². The van der Waals surface area contributed by atoms with Gasteiger partial charge < -0.3 is 5.32 Å². The van der Waals surface area contributed by atoms with Crippen LogP contribution in [0.15, 0.2) is 0 Å². The lowest BCUT2D eigenvalue weighted by molar-refractivity contribution is -0.150. The number of nitrogens with one attached hydrogen (secondary N) is 1. The number of amides is 2. The van der Waals surface area contributed by atoms with E-state index in [0.29, 0.717) is 31.3 Å². The summed E-state index contributed by atoms with van der Waals surface area (Å²) in [5, 5.41) is 3.47. The van der Waals surface area contributed by atoms with Crippen LogP contribution in [0.4, 0.5) is 0 Å². The monoisotopic (exact) mass is 252 g/mol. The van der Waals surface area contributed by atoms with Gasteiger partial charge in [-0.15, -0.1) is 0 Å². The minimum Gasteiger partial charge on any atom is -0.312 e. The van der Waals surface area contributed by atoms with Crippen molar-refractivity contribution in [2.75, 3.05) is 13.1 Å². The van der Waals surface area contributed by atoms with E-state index in [-0.39, 0.29) is 17.7 Å². The highest BCUT2D eigenvalue weighted by Gasteiger charge is 2.34. The number of hydrogen-bond acceptors (Lipinski definition) is 3. The molecule has 0 aliphatic carbocycles. The molecular weight excluding hydrogens is 228 g/mol. The van der Waals surface area contributed by atoms with Gasteiger partial charge in [0.1, 0.15) is 0 Å². The maximum atomic E-state index is 12.0. The highest BCUT2D eigenvalue weighted by atomic mass is 16.2. The summed E-state index contributed by atoms with van der Waals surface area (Å²) in [5.41, 5.74) is 0. The Morgan fingerprint density at radius 3 is 2.56 bits per heavy atom. The third kappa shape index (κ3) is 2.91. The number of imide groups is 1. The fourth-order valence-corrected chi connectivity index (χ4v) is 3.15. The molecule has 18 heavy (non-hydrogen) atoms. The third-order valence-corrected chi connectivity index (χ3v) is 4.28. The summed E-state index contributed by atoms with van der Waals surface area (Å²) < 4.78 is 0. The fraction of sp³-hybridized carbons (Fsp3) is 0.857. The van der Waals surface area contributed by atoms with Gasteiger partial charge in [-0.25, -0.2) is 0 Å². The van der Waals surface area contributed by atoms with Crippen LogP contribution in [0.1, 0.15) is 46.0 Å². The van der Waals surface area contributed by atoms with Gasteiger partial charge in [0.25, 0.3) is 0 Å². The summed E-state index contributed by atoms with van der Waals surface area (Å²) in [6, 6.07) is 0.296. The van der Waals surface area contributed by atoms with Gasteiger partial charge in [0.2, 0.25) is 11.8 Å². The maximum absolute atomic E-state index is 12.0. The molecule has 2 saturated heterocycles. The molecule has 0 aromatic heterocycles. The normalized spacial score (nSPS) is 30.9. The lowest BCUT2D eigenvalue weighted by Gasteiger charge is -2.37. The summed E-state index contributed by atoms with van der Waals surface area (Å²) >= 11 is 0. The summed E-state index contributed by atoms with van der Waals surface area (Å²) in [6.45, 7) is 5.74. The van der Waals surface area contributed by atoms with E-state index in [1.807, 2.05) is 6.92 Å². The molecule has 0 aromatic rings. The first-order valence-electron chi connectivity index (χ1n) is 7.18. The zero-order valence-electron chi connectivity index (χ0n) is 11.4. The molecule has 2 aliphatic heterocycles. The molecule has 2 heterocycles. The van der Waals surface area contributed by atoms with Gasteiger partial charge in [-0.2, -0.15) is 0 Å². The Morgan fingerprint density at radius 1 is 1.28 bits per heavy atom. The van der Waals surface area contributed by atoms with Crippen molar-refractivity contribution >= 4 is 11.8 Å². The molecule has 0 bridgehead atoms. The lowest BCUT2D eigenvalue weighted by Crippen LogP contribution is -2.53. The van der Waals surface area contributed by atoms with E-state index in [9.17, 15) is 9.59 Å². The molecule has 2 aliphatic rings. The highest BCUT2D eigenvalue weighted by molar-refractivity contribution is 5.97. The Kier molecular flexibility index (Phi) is 4.38. The van der Waals surface area contributed by atoms with Crippen LogP contribution in [0.25, 0.3) is 0 Å². The van der Waals surface area contributed by atoms with Crippen LogP contribution in [0.2, 0.25) is 0 Å². The lowest BCUT2D eigenvalue weighted by atomic mass is 9.87. The van der Waals surface area contributed by atoms with Crippen molar-refractivity contribution in [2.45, 2.75) is 52.0 Å². The quantitative estimate of drug-likeness (QED) is 0.775. The molecule has 4 nitrogen and oxygen atoms in total. The molecule has 4 heteroatoms. The van der Waals surface area contributed by atoms with Crippen LogP contribution < -0.4 is 5.32 Å². The first kappa shape index (κ1) is 13.5. The predicted octanol–water partition coefficient (Wildman–Crippen LogP) is 1.55. The van der Waals surface area contributed by atoms with Crippen molar-refractivity contribution in [3.63, 3.8) is 0 Å². The van der Waals surface area contributed by atoms with Crippen molar-refractivity contribution in [3.8, 4) is 0 Å². The molecule has 0 saturated carbocycles. The Morgan fingerprint density at radius 2 is 1.94 bits per heavy atom. The van der Waals surface area contributed by atoms with Crippen LogP contribution >= 0.6 is 0 Å². The van der Waals surface area contributed by atoms with Crippen LogP contribution in [0, 0.1) is 11.8 Å². The Bertz CT molecular complexity index is 312. The van der Waals surface area contributed by atoms with Crippen molar-refractivity contribution < 1.29 is 9.59 Å². The average Bonchev–Trinajstić information content (AvgIpc) is 2.34. The number of rotatable bonds is 3. The first-order chi connectivity index (χ1) is 8.61. The minimum absolute atomic E-state index is 0.0148. The SMILES string of the molecule is CCC1CCCNC1CN1C(=O)CC(C)CC1=O. The minimum atomic E-state index is 0.0148. The molecule has 2 atom stereocenters. The van der Waals surface area contributed by atoms with E-state index in [0.717, 1.165) is 13.0 Å². The van der Waals surface area contributed by atoms with E-state index in [4.69, 9.17) is 0 Å². The van der Waals surface area contributed by atoms with Crippen LogP contribution in [-0.2, 0) is 9.59 Å².